The number of anilines is 1. The second-order valence-electron chi connectivity index (χ2n) is 4.13. The van der Waals surface area contributed by atoms with Crippen LogP contribution in [0.25, 0.3) is 0 Å². The fourth-order valence-corrected chi connectivity index (χ4v) is 1.80. The third kappa shape index (κ3) is 2.55. The first kappa shape index (κ1) is 13.1. The van der Waals surface area contributed by atoms with Crippen LogP contribution in [0.5, 0.6) is 0 Å². The van der Waals surface area contributed by atoms with Crippen molar-refractivity contribution in [1.29, 1.82) is 0 Å². The van der Waals surface area contributed by atoms with Gasteiger partial charge < -0.3 is 9.64 Å². The van der Waals surface area contributed by atoms with Crippen LogP contribution in [0.4, 0.5) is 23.4 Å². The number of aromatic nitrogens is 1. The Bertz CT molecular complexity index is 406. The van der Waals surface area contributed by atoms with Crippen LogP contribution >= 0.6 is 0 Å². The van der Waals surface area contributed by atoms with Gasteiger partial charge in [0.05, 0.1) is 24.8 Å². The zero-order chi connectivity index (χ0) is 13.3. The summed E-state index contributed by atoms with van der Waals surface area (Å²) < 4.78 is 55.4. The van der Waals surface area contributed by atoms with Crippen LogP contribution in [-0.4, -0.2) is 37.5 Å². The summed E-state index contributed by atoms with van der Waals surface area (Å²) in [7, 11) is 1.58. The predicted octanol–water partition coefficient (Wildman–Crippen LogP) is 2.27. The minimum atomic E-state index is -4.41. The van der Waals surface area contributed by atoms with E-state index in [0.717, 1.165) is 12.3 Å². The zero-order valence-electron chi connectivity index (χ0n) is 9.62. The number of rotatable bonds is 2. The first-order chi connectivity index (χ1) is 8.39. The van der Waals surface area contributed by atoms with Gasteiger partial charge in [-0.1, -0.05) is 0 Å². The SMILES string of the molecule is CN(c1ccc(C(F)(F)F)cn1)[C@@H]1COC[C@H]1F. The molecule has 2 atom stereocenters. The molecule has 1 aromatic rings. The molecule has 2 heterocycles. The fraction of sp³-hybridized carbons (Fsp3) is 0.545. The Hall–Kier alpha value is -1.37. The Balaban J connectivity index is 2.14. The summed E-state index contributed by atoms with van der Waals surface area (Å²) in [4.78, 5) is 5.21. The van der Waals surface area contributed by atoms with Crippen LogP contribution < -0.4 is 4.90 Å². The molecule has 100 valence electrons. The van der Waals surface area contributed by atoms with E-state index in [-0.39, 0.29) is 13.2 Å². The molecule has 0 aliphatic carbocycles. The van der Waals surface area contributed by atoms with Crippen molar-refractivity contribution in [3.05, 3.63) is 23.9 Å². The second kappa shape index (κ2) is 4.72. The average Bonchev–Trinajstić information content (AvgIpc) is 2.73. The van der Waals surface area contributed by atoms with E-state index in [9.17, 15) is 17.6 Å². The number of pyridine rings is 1. The second-order valence-corrected chi connectivity index (χ2v) is 4.13. The van der Waals surface area contributed by atoms with Crippen molar-refractivity contribution < 1.29 is 22.3 Å². The minimum absolute atomic E-state index is 0.00956. The van der Waals surface area contributed by atoms with Crippen molar-refractivity contribution in [3.63, 3.8) is 0 Å². The van der Waals surface area contributed by atoms with E-state index in [1.54, 1.807) is 7.05 Å². The summed E-state index contributed by atoms with van der Waals surface area (Å²) in [5.74, 6) is 0.293. The van der Waals surface area contributed by atoms with Gasteiger partial charge in [0.15, 0.2) is 0 Å². The van der Waals surface area contributed by atoms with Gasteiger partial charge in [0.25, 0.3) is 0 Å². The number of halogens is 4. The Morgan fingerprint density at radius 2 is 2.06 bits per heavy atom. The third-order valence-corrected chi connectivity index (χ3v) is 2.92. The summed E-state index contributed by atoms with van der Waals surface area (Å²) in [5, 5.41) is 0. The number of alkyl halides is 4. The maximum Gasteiger partial charge on any atom is 0.417 e. The van der Waals surface area contributed by atoms with E-state index < -0.39 is 24.0 Å². The first-order valence-electron chi connectivity index (χ1n) is 5.37. The van der Waals surface area contributed by atoms with Crippen LogP contribution in [-0.2, 0) is 10.9 Å². The summed E-state index contributed by atoms with van der Waals surface area (Å²) >= 11 is 0. The number of ether oxygens (including phenoxy) is 1. The molecule has 0 spiro atoms. The fourth-order valence-electron chi connectivity index (χ4n) is 1.80. The van der Waals surface area contributed by atoms with Gasteiger partial charge >= 0.3 is 6.18 Å². The lowest BCUT2D eigenvalue weighted by molar-refractivity contribution is -0.137. The minimum Gasteiger partial charge on any atom is -0.376 e. The van der Waals surface area contributed by atoms with Crippen LogP contribution in [0.15, 0.2) is 18.3 Å². The Morgan fingerprint density at radius 3 is 2.50 bits per heavy atom. The highest BCUT2D eigenvalue weighted by Gasteiger charge is 2.33. The van der Waals surface area contributed by atoms with Crippen LogP contribution in [0.2, 0.25) is 0 Å². The lowest BCUT2D eigenvalue weighted by Crippen LogP contribution is -2.39. The molecule has 1 saturated heterocycles. The maximum absolute atomic E-state index is 13.4. The summed E-state index contributed by atoms with van der Waals surface area (Å²) in [6.45, 7) is 0.218. The monoisotopic (exact) mass is 264 g/mol. The Kier molecular flexibility index (Phi) is 3.43. The quantitative estimate of drug-likeness (QED) is 0.766. The van der Waals surface area contributed by atoms with Gasteiger partial charge in [-0.15, -0.1) is 0 Å². The highest BCUT2D eigenvalue weighted by atomic mass is 19.4. The van der Waals surface area contributed by atoms with Crippen molar-refractivity contribution in [2.75, 3.05) is 25.2 Å². The topological polar surface area (TPSA) is 25.4 Å². The van der Waals surface area contributed by atoms with Crippen molar-refractivity contribution in [2.45, 2.75) is 18.4 Å². The smallest absolute Gasteiger partial charge is 0.376 e. The molecule has 0 amide bonds. The van der Waals surface area contributed by atoms with E-state index in [4.69, 9.17) is 4.74 Å². The molecule has 7 heteroatoms. The molecule has 3 nitrogen and oxygen atoms in total. The molecule has 1 fully saturated rings. The third-order valence-electron chi connectivity index (χ3n) is 2.92. The molecule has 1 aliphatic rings. The van der Waals surface area contributed by atoms with E-state index in [2.05, 4.69) is 4.98 Å². The summed E-state index contributed by atoms with van der Waals surface area (Å²) in [6.07, 6.45) is -4.82. The Morgan fingerprint density at radius 1 is 1.33 bits per heavy atom. The van der Waals surface area contributed by atoms with Crippen molar-refractivity contribution in [1.82, 2.24) is 4.98 Å². The van der Waals surface area contributed by atoms with Crippen LogP contribution in [0, 0.1) is 0 Å². The molecular weight excluding hydrogens is 252 g/mol. The van der Waals surface area contributed by atoms with Gasteiger partial charge in [0.2, 0.25) is 0 Å². The standard InChI is InChI=1S/C11H12F4N2O/c1-17(9-6-18-5-8(9)12)10-3-2-7(4-16-10)11(13,14)15/h2-4,8-9H,5-6H2,1H3/t8-,9-/m1/s1. The molecule has 1 aromatic heterocycles. The number of likely N-dealkylation sites (N-methyl/N-ethyl adjacent to an activating group) is 1. The first-order valence-corrected chi connectivity index (χ1v) is 5.37. The summed E-state index contributed by atoms with van der Waals surface area (Å²) in [6, 6.07) is 1.66. The van der Waals surface area contributed by atoms with Gasteiger partial charge in [0.1, 0.15) is 12.0 Å². The normalized spacial score (nSPS) is 24.3. The van der Waals surface area contributed by atoms with Crippen molar-refractivity contribution in [2.24, 2.45) is 0 Å². The Labute approximate surface area is 101 Å². The molecule has 0 radical (unpaired) electrons. The van der Waals surface area contributed by atoms with Crippen molar-refractivity contribution >= 4 is 5.82 Å². The van der Waals surface area contributed by atoms with Crippen LogP contribution in [0.3, 0.4) is 0 Å². The lowest BCUT2D eigenvalue weighted by atomic mass is 10.2. The molecular formula is C11H12F4N2O. The van der Waals surface area contributed by atoms with Gasteiger partial charge in [-0.05, 0) is 12.1 Å². The molecule has 0 bridgehead atoms. The van der Waals surface area contributed by atoms with E-state index >= 15 is 0 Å². The molecule has 0 N–H and O–H groups in total. The van der Waals surface area contributed by atoms with Gasteiger partial charge in [-0.25, -0.2) is 9.37 Å². The van der Waals surface area contributed by atoms with Gasteiger partial charge in [-0.3, -0.25) is 0 Å². The van der Waals surface area contributed by atoms with E-state index in [1.807, 2.05) is 0 Å². The van der Waals surface area contributed by atoms with E-state index in [1.165, 1.54) is 11.0 Å². The molecule has 2 rings (SSSR count). The molecule has 0 saturated carbocycles. The summed E-state index contributed by atoms with van der Waals surface area (Å²) in [5.41, 5.74) is -0.820. The van der Waals surface area contributed by atoms with E-state index in [0.29, 0.717) is 5.82 Å². The van der Waals surface area contributed by atoms with Crippen molar-refractivity contribution in [3.8, 4) is 0 Å². The van der Waals surface area contributed by atoms with Gasteiger partial charge in [0, 0.05) is 13.2 Å². The average molecular weight is 264 g/mol. The highest BCUT2D eigenvalue weighted by molar-refractivity contribution is 5.40. The maximum atomic E-state index is 13.4. The predicted molar refractivity (Wildman–Crippen MR) is 57.1 cm³/mol. The lowest BCUT2D eigenvalue weighted by Gasteiger charge is -2.25. The van der Waals surface area contributed by atoms with Crippen LogP contribution in [0.1, 0.15) is 5.56 Å². The zero-order valence-corrected chi connectivity index (χ0v) is 9.62. The molecule has 18 heavy (non-hydrogen) atoms. The number of hydrogen-bond donors (Lipinski definition) is 0. The number of nitrogens with zero attached hydrogens (tertiary/aromatic N) is 2. The molecule has 0 unspecified atom stereocenters. The molecule has 0 aromatic carbocycles. The highest BCUT2D eigenvalue weighted by Crippen LogP contribution is 2.29. The molecule has 1 aliphatic heterocycles. The van der Waals surface area contributed by atoms with Gasteiger partial charge in [-0.2, -0.15) is 13.2 Å². The number of hydrogen-bond acceptors (Lipinski definition) is 3. The largest absolute Gasteiger partial charge is 0.417 e.